The lowest BCUT2D eigenvalue weighted by molar-refractivity contribution is -0.144. The topological polar surface area (TPSA) is 61.4 Å². The molecule has 0 fully saturated rings. The van der Waals surface area contributed by atoms with Crippen LogP contribution in [0.5, 0.6) is 0 Å². The predicted molar refractivity (Wildman–Crippen MR) is 73.2 cm³/mol. The first-order chi connectivity index (χ1) is 9.65. The van der Waals surface area contributed by atoms with Gasteiger partial charge in [-0.1, -0.05) is 0 Å². The Bertz CT molecular complexity index is 504. The highest BCUT2D eigenvalue weighted by Gasteiger charge is 2.35. The van der Waals surface area contributed by atoms with Crippen LogP contribution in [-0.2, 0) is 11.0 Å². The SMILES string of the molecule is CCNc1cc(N(C)CC(=O)N(C)C)nc(C(F)(F)F)n1. The van der Waals surface area contributed by atoms with Crippen molar-refractivity contribution < 1.29 is 18.0 Å². The number of hydrogen-bond acceptors (Lipinski definition) is 5. The molecule has 118 valence electrons. The number of likely N-dealkylation sites (N-methyl/N-ethyl adjacent to an activating group) is 2. The number of amides is 1. The van der Waals surface area contributed by atoms with Crippen molar-refractivity contribution in [2.75, 3.05) is 44.4 Å². The summed E-state index contributed by atoms with van der Waals surface area (Å²) in [5, 5.41) is 2.72. The van der Waals surface area contributed by atoms with Gasteiger partial charge in [-0.2, -0.15) is 13.2 Å². The van der Waals surface area contributed by atoms with Crippen molar-refractivity contribution in [3.8, 4) is 0 Å². The van der Waals surface area contributed by atoms with Gasteiger partial charge >= 0.3 is 6.18 Å². The summed E-state index contributed by atoms with van der Waals surface area (Å²) in [6, 6.07) is 1.38. The van der Waals surface area contributed by atoms with Crippen LogP contribution in [0.25, 0.3) is 0 Å². The quantitative estimate of drug-likeness (QED) is 0.892. The maximum Gasteiger partial charge on any atom is 0.451 e. The molecule has 9 heteroatoms. The summed E-state index contributed by atoms with van der Waals surface area (Å²) in [4.78, 5) is 21.2. The van der Waals surface area contributed by atoms with Crippen LogP contribution < -0.4 is 10.2 Å². The van der Waals surface area contributed by atoms with Gasteiger partial charge in [-0.05, 0) is 6.92 Å². The molecule has 0 unspecified atom stereocenters. The molecule has 1 heterocycles. The zero-order valence-electron chi connectivity index (χ0n) is 12.3. The first kappa shape index (κ1) is 17.0. The van der Waals surface area contributed by atoms with E-state index in [-0.39, 0.29) is 24.1 Å². The van der Waals surface area contributed by atoms with E-state index in [0.717, 1.165) is 0 Å². The maximum absolute atomic E-state index is 12.8. The Labute approximate surface area is 121 Å². The molecule has 0 bridgehead atoms. The molecule has 1 aromatic heterocycles. The van der Waals surface area contributed by atoms with E-state index < -0.39 is 12.0 Å². The molecule has 21 heavy (non-hydrogen) atoms. The third-order valence-corrected chi connectivity index (χ3v) is 2.59. The van der Waals surface area contributed by atoms with Crippen LogP contribution in [0, 0.1) is 0 Å². The van der Waals surface area contributed by atoms with Crippen molar-refractivity contribution in [1.29, 1.82) is 0 Å². The van der Waals surface area contributed by atoms with Crippen molar-refractivity contribution in [3.05, 3.63) is 11.9 Å². The standard InChI is InChI=1S/C12H18F3N5O/c1-5-16-8-6-9(18-11(17-8)12(13,14)15)20(4)7-10(21)19(2)3/h6H,5,7H2,1-4H3,(H,16,17,18). The maximum atomic E-state index is 12.8. The van der Waals surface area contributed by atoms with Crippen LogP contribution in [0.3, 0.4) is 0 Å². The van der Waals surface area contributed by atoms with Gasteiger partial charge in [-0.25, -0.2) is 9.97 Å². The third kappa shape index (κ3) is 4.76. The summed E-state index contributed by atoms with van der Waals surface area (Å²) < 4.78 is 38.4. The second-order valence-electron chi connectivity index (χ2n) is 4.61. The Hall–Kier alpha value is -2.06. The second-order valence-corrected chi connectivity index (χ2v) is 4.61. The van der Waals surface area contributed by atoms with Crippen LogP contribution in [0.4, 0.5) is 24.8 Å². The van der Waals surface area contributed by atoms with E-state index in [0.29, 0.717) is 6.54 Å². The highest BCUT2D eigenvalue weighted by Crippen LogP contribution is 2.29. The van der Waals surface area contributed by atoms with Gasteiger partial charge in [-0.15, -0.1) is 0 Å². The van der Waals surface area contributed by atoms with Gasteiger partial charge in [0.2, 0.25) is 11.7 Å². The second kappa shape index (κ2) is 6.59. The summed E-state index contributed by atoms with van der Waals surface area (Å²) in [6.07, 6.45) is -4.65. The van der Waals surface area contributed by atoms with Crippen molar-refractivity contribution in [2.45, 2.75) is 13.1 Å². The van der Waals surface area contributed by atoms with E-state index in [9.17, 15) is 18.0 Å². The number of rotatable bonds is 5. The van der Waals surface area contributed by atoms with Crippen LogP contribution in [0.1, 0.15) is 12.7 Å². The molecular weight excluding hydrogens is 287 g/mol. The third-order valence-electron chi connectivity index (χ3n) is 2.59. The summed E-state index contributed by atoms with van der Waals surface area (Å²) in [5.74, 6) is -1.38. The average molecular weight is 305 g/mol. The predicted octanol–water partition coefficient (Wildman–Crippen LogP) is 1.45. The number of nitrogens with zero attached hydrogens (tertiary/aromatic N) is 4. The molecule has 1 N–H and O–H groups in total. The van der Waals surface area contributed by atoms with Crippen LogP contribution in [0.2, 0.25) is 0 Å². The fourth-order valence-corrected chi connectivity index (χ4v) is 1.45. The summed E-state index contributed by atoms with van der Waals surface area (Å²) in [6.45, 7) is 2.09. The Balaban J connectivity index is 3.10. The molecule has 0 aliphatic rings. The molecule has 0 saturated heterocycles. The zero-order chi connectivity index (χ0) is 16.2. The summed E-state index contributed by atoms with van der Waals surface area (Å²) >= 11 is 0. The van der Waals surface area contributed by atoms with Crippen LogP contribution in [-0.4, -0.2) is 55.0 Å². The van der Waals surface area contributed by atoms with Gasteiger partial charge in [0.25, 0.3) is 0 Å². The first-order valence-electron chi connectivity index (χ1n) is 6.26. The fraction of sp³-hybridized carbons (Fsp3) is 0.583. The van der Waals surface area contributed by atoms with Gasteiger partial charge in [0.1, 0.15) is 11.6 Å². The highest BCUT2D eigenvalue weighted by molar-refractivity contribution is 5.80. The number of carbonyl (C=O) groups is 1. The number of nitrogens with one attached hydrogen (secondary N) is 1. The lowest BCUT2D eigenvalue weighted by Gasteiger charge is -2.21. The van der Waals surface area contributed by atoms with E-state index in [4.69, 9.17) is 0 Å². The molecule has 0 aromatic carbocycles. The number of aromatic nitrogens is 2. The first-order valence-corrected chi connectivity index (χ1v) is 6.26. The van der Waals surface area contributed by atoms with Gasteiger partial charge in [0, 0.05) is 33.8 Å². The van der Waals surface area contributed by atoms with Gasteiger partial charge in [0.05, 0.1) is 6.54 Å². The lowest BCUT2D eigenvalue weighted by Crippen LogP contribution is -2.35. The van der Waals surface area contributed by atoms with Crippen LogP contribution >= 0.6 is 0 Å². The van der Waals surface area contributed by atoms with E-state index in [1.807, 2.05) is 0 Å². The van der Waals surface area contributed by atoms with Gasteiger partial charge < -0.3 is 15.1 Å². The van der Waals surface area contributed by atoms with E-state index in [1.165, 1.54) is 22.9 Å². The number of halogens is 3. The smallest absolute Gasteiger partial charge is 0.370 e. The Morgan fingerprint density at radius 2 is 1.90 bits per heavy atom. The van der Waals surface area contributed by atoms with E-state index in [2.05, 4.69) is 15.3 Å². The molecule has 1 amide bonds. The van der Waals surface area contributed by atoms with Crippen molar-refractivity contribution in [1.82, 2.24) is 14.9 Å². The highest BCUT2D eigenvalue weighted by atomic mass is 19.4. The lowest BCUT2D eigenvalue weighted by atomic mass is 10.4. The van der Waals surface area contributed by atoms with Crippen molar-refractivity contribution in [2.24, 2.45) is 0 Å². The molecule has 0 aliphatic heterocycles. The summed E-state index contributed by atoms with van der Waals surface area (Å²) in [5.41, 5.74) is 0. The van der Waals surface area contributed by atoms with Crippen LogP contribution in [0.15, 0.2) is 6.07 Å². The molecule has 0 saturated carbocycles. The minimum absolute atomic E-state index is 0.0310. The normalized spacial score (nSPS) is 11.2. The summed E-state index contributed by atoms with van der Waals surface area (Å²) in [7, 11) is 4.64. The molecule has 0 radical (unpaired) electrons. The van der Waals surface area contributed by atoms with Gasteiger partial charge in [0.15, 0.2) is 0 Å². The Morgan fingerprint density at radius 3 is 2.38 bits per heavy atom. The van der Waals surface area contributed by atoms with Crippen molar-refractivity contribution >= 4 is 17.5 Å². The fourth-order valence-electron chi connectivity index (χ4n) is 1.45. The molecule has 1 aromatic rings. The average Bonchev–Trinajstić information content (AvgIpc) is 2.37. The molecule has 0 spiro atoms. The number of alkyl halides is 3. The Morgan fingerprint density at radius 1 is 1.29 bits per heavy atom. The minimum atomic E-state index is -4.65. The Kier molecular flexibility index (Phi) is 5.34. The minimum Gasteiger partial charge on any atom is -0.370 e. The zero-order valence-corrected chi connectivity index (χ0v) is 12.3. The number of carbonyl (C=O) groups excluding carboxylic acids is 1. The number of hydrogen-bond donors (Lipinski definition) is 1. The molecule has 0 atom stereocenters. The van der Waals surface area contributed by atoms with Crippen molar-refractivity contribution in [3.63, 3.8) is 0 Å². The van der Waals surface area contributed by atoms with E-state index >= 15 is 0 Å². The largest absolute Gasteiger partial charge is 0.451 e. The molecule has 1 rings (SSSR count). The molecule has 6 nitrogen and oxygen atoms in total. The van der Waals surface area contributed by atoms with E-state index in [1.54, 1.807) is 21.0 Å². The van der Waals surface area contributed by atoms with Gasteiger partial charge in [-0.3, -0.25) is 4.79 Å². The molecular formula is C12H18F3N5O. The monoisotopic (exact) mass is 305 g/mol. The molecule has 0 aliphatic carbocycles. The number of anilines is 2.